The average Bonchev–Trinajstić information content (AvgIpc) is 3.67. The second-order valence-corrected chi connectivity index (χ2v) is 12.4. The summed E-state index contributed by atoms with van der Waals surface area (Å²) in [6.07, 6.45) is 4.13. The summed E-state index contributed by atoms with van der Waals surface area (Å²) < 4.78 is 27.6. The second kappa shape index (κ2) is 10.8. The van der Waals surface area contributed by atoms with E-state index >= 15 is 0 Å². The number of thiophene rings is 1. The molecule has 2 aliphatic heterocycles. The topological polar surface area (TPSA) is 117 Å². The number of aromatic nitrogens is 1. The van der Waals surface area contributed by atoms with E-state index < -0.39 is 28.1 Å². The first-order chi connectivity index (χ1) is 18.3. The smallest absolute Gasteiger partial charge is 0.262 e. The van der Waals surface area contributed by atoms with Gasteiger partial charge in [0.1, 0.15) is 17.0 Å². The van der Waals surface area contributed by atoms with Crippen molar-refractivity contribution >= 4 is 39.0 Å². The summed E-state index contributed by atoms with van der Waals surface area (Å²) >= 11 is 1.35. The highest BCUT2D eigenvalue weighted by atomic mass is 32.2. The first kappa shape index (κ1) is 26.2. The summed E-state index contributed by atoms with van der Waals surface area (Å²) in [6.45, 7) is 1.87. The number of nitrogens with one attached hydrogen (secondary N) is 1. The maximum absolute atomic E-state index is 13.6. The van der Waals surface area contributed by atoms with Gasteiger partial charge in [0, 0.05) is 23.8 Å². The number of pyridine rings is 1. The van der Waals surface area contributed by atoms with Crippen LogP contribution in [0, 0.1) is 0 Å². The number of hydrogen-bond donors (Lipinski definition) is 1. The molecule has 0 saturated carbocycles. The molecule has 3 atom stereocenters. The van der Waals surface area contributed by atoms with Crippen molar-refractivity contribution in [3.05, 3.63) is 71.9 Å². The number of ketones is 1. The number of hydrogen-bond acceptors (Lipinski definition) is 7. The van der Waals surface area contributed by atoms with Crippen LogP contribution in [0.15, 0.2) is 71.9 Å². The average molecular weight is 553 g/mol. The third-order valence-corrected chi connectivity index (χ3v) is 9.96. The number of rotatable bonds is 8. The quantitative estimate of drug-likeness (QED) is 0.459. The standard InChI is InChI=1S/C27H28N4O5S2/c1-2-7-20(29-26(33)24-12-11-23(37-24)18-8-4-3-5-9-18)27(34)30-15-13-21-25(30)22(32)17-31(21)38(35,36)19-10-6-14-28-16-19/h3-6,8-12,14,16,20-21,25H,2,7,13,15,17H2,1H3,(H,29,33). The van der Waals surface area contributed by atoms with Crippen LogP contribution in [-0.2, 0) is 19.6 Å². The van der Waals surface area contributed by atoms with Crippen LogP contribution in [0.5, 0.6) is 0 Å². The van der Waals surface area contributed by atoms with Crippen molar-refractivity contribution in [1.82, 2.24) is 19.5 Å². The molecule has 5 rings (SSSR count). The number of benzene rings is 1. The van der Waals surface area contributed by atoms with Gasteiger partial charge in [0.05, 0.1) is 17.5 Å². The molecule has 3 aromatic rings. The molecule has 4 heterocycles. The highest BCUT2D eigenvalue weighted by molar-refractivity contribution is 7.89. The third-order valence-electron chi connectivity index (χ3n) is 6.97. The van der Waals surface area contributed by atoms with Crippen molar-refractivity contribution in [3.8, 4) is 10.4 Å². The Labute approximate surface area is 225 Å². The SMILES string of the molecule is CCCC(NC(=O)c1ccc(-c2ccccc2)s1)C(=O)N1CCC2C1C(=O)CN2S(=O)(=O)c1cccnc1. The minimum atomic E-state index is -3.94. The van der Waals surface area contributed by atoms with E-state index in [9.17, 15) is 22.8 Å². The van der Waals surface area contributed by atoms with E-state index in [4.69, 9.17) is 0 Å². The van der Waals surface area contributed by atoms with Crippen molar-refractivity contribution in [2.75, 3.05) is 13.1 Å². The molecule has 198 valence electrons. The molecule has 2 amide bonds. The molecule has 9 nitrogen and oxygen atoms in total. The summed E-state index contributed by atoms with van der Waals surface area (Å²) in [5.74, 6) is -1.03. The largest absolute Gasteiger partial charge is 0.340 e. The molecular formula is C27H28N4O5S2. The third kappa shape index (κ3) is 4.89. The number of amides is 2. The van der Waals surface area contributed by atoms with Crippen molar-refractivity contribution in [3.63, 3.8) is 0 Å². The lowest BCUT2D eigenvalue weighted by Crippen LogP contribution is -2.52. The van der Waals surface area contributed by atoms with Crippen LogP contribution >= 0.6 is 11.3 Å². The minimum Gasteiger partial charge on any atom is -0.340 e. The van der Waals surface area contributed by atoms with Crippen molar-refractivity contribution in [1.29, 1.82) is 0 Å². The zero-order valence-electron chi connectivity index (χ0n) is 20.8. The van der Waals surface area contributed by atoms with Gasteiger partial charge in [-0.2, -0.15) is 4.31 Å². The highest BCUT2D eigenvalue weighted by Gasteiger charge is 2.54. The van der Waals surface area contributed by atoms with Crippen molar-refractivity contribution < 1.29 is 22.8 Å². The lowest BCUT2D eigenvalue weighted by atomic mass is 10.1. The van der Waals surface area contributed by atoms with E-state index in [1.165, 1.54) is 45.1 Å². The highest BCUT2D eigenvalue weighted by Crippen LogP contribution is 2.34. The number of likely N-dealkylation sites (tertiary alicyclic amines) is 1. The zero-order valence-corrected chi connectivity index (χ0v) is 22.5. The predicted molar refractivity (Wildman–Crippen MR) is 143 cm³/mol. The number of Topliss-reactive ketones (excluding diaryl/α,β-unsaturated/α-hetero) is 1. The molecule has 11 heteroatoms. The lowest BCUT2D eigenvalue weighted by Gasteiger charge is -2.28. The van der Waals surface area contributed by atoms with E-state index in [1.807, 2.05) is 43.3 Å². The fourth-order valence-electron chi connectivity index (χ4n) is 5.17. The summed E-state index contributed by atoms with van der Waals surface area (Å²) in [7, 11) is -3.94. The Morgan fingerprint density at radius 2 is 1.92 bits per heavy atom. The van der Waals surface area contributed by atoms with Gasteiger partial charge < -0.3 is 10.2 Å². The normalized spacial score (nSPS) is 20.3. The van der Waals surface area contributed by atoms with Gasteiger partial charge in [0.2, 0.25) is 15.9 Å². The maximum atomic E-state index is 13.6. The summed E-state index contributed by atoms with van der Waals surface area (Å²) in [6, 6.07) is 14.0. The number of carbonyl (C=O) groups is 3. The minimum absolute atomic E-state index is 0.0140. The van der Waals surface area contributed by atoms with Gasteiger partial charge in [-0.05, 0) is 42.7 Å². The van der Waals surface area contributed by atoms with Crippen molar-refractivity contribution in [2.24, 2.45) is 0 Å². The van der Waals surface area contributed by atoms with E-state index in [0.717, 1.165) is 10.4 Å². The number of nitrogens with zero attached hydrogens (tertiary/aromatic N) is 3. The monoisotopic (exact) mass is 552 g/mol. The second-order valence-electron chi connectivity index (χ2n) is 9.38. The molecule has 2 aromatic heterocycles. The van der Waals surface area contributed by atoms with Gasteiger partial charge in [-0.25, -0.2) is 8.42 Å². The zero-order chi connectivity index (χ0) is 26.9. The van der Waals surface area contributed by atoms with Crippen LogP contribution in [0.25, 0.3) is 10.4 Å². The van der Waals surface area contributed by atoms with E-state index in [0.29, 0.717) is 24.1 Å². The van der Waals surface area contributed by atoms with Gasteiger partial charge in [0.15, 0.2) is 5.78 Å². The van der Waals surface area contributed by atoms with E-state index in [1.54, 1.807) is 6.07 Å². The Bertz CT molecular complexity index is 1440. The number of fused-ring (bicyclic) bond motifs is 1. The maximum Gasteiger partial charge on any atom is 0.262 e. The fraction of sp³-hybridized carbons (Fsp3) is 0.333. The van der Waals surface area contributed by atoms with Gasteiger partial charge >= 0.3 is 0 Å². The van der Waals surface area contributed by atoms with Crippen LogP contribution in [0.3, 0.4) is 0 Å². The van der Waals surface area contributed by atoms with Crippen molar-refractivity contribution in [2.45, 2.75) is 49.2 Å². The molecular weight excluding hydrogens is 524 g/mol. The van der Waals surface area contributed by atoms with Crippen LogP contribution in [0.1, 0.15) is 35.9 Å². The predicted octanol–water partition coefficient (Wildman–Crippen LogP) is 2.95. The van der Waals surface area contributed by atoms with Gasteiger partial charge in [-0.3, -0.25) is 19.4 Å². The number of carbonyl (C=O) groups excluding carboxylic acids is 3. The summed E-state index contributed by atoms with van der Waals surface area (Å²) in [4.78, 5) is 46.5. The van der Waals surface area contributed by atoms with Crippen LogP contribution in [0.4, 0.5) is 0 Å². The molecule has 0 spiro atoms. The first-order valence-corrected chi connectivity index (χ1v) is 14.8. The van der Waals surface area contributed by atoms with Crippen LogP contribution in [0.2, 0.25) is 0 Å². The van der Waals surface area contributed by atoms with Crippen LogP contribution in [-0.4, -0.2) is 71.4 Å². The van der Waals surface area contributed by atoms with E-state index in [-0.39, 0.29) is 35.6 Å². The molecule has 2 fully saturated rings. The summed E-state index contributed by atoms with van der Waals surface area (Å²) in [5.41, 5.74) is 1.01. The van der Waals surface area contributed by atoms with Gasteiger partial charge in [-0.15, -0.1) is 11.3 Å². The Morgan fingerprint density at radius 3 is 2.63 bits per heavy atom. The van der Waals surface area contributed by atoms with Gasteiger partial charge in [-0.1, -0.05) is 43.7 Å². The molecule has 1 aromatic carbocycles. The van der Waals surface area contributed by atoms with Gasteiger partial charge in [0.25, 0.3) is 5.91 Å². The molecule has 1 N–H and O–H groups in total. The van der Waals surface area contributed by atoms with E-state index in [2.05, 4.69) is 10.3 Å². The molecule has 0 radical (unpaired) electrons. The molecule has 0 bridgehead atoms. The Kier molecular flexibility index (Phi) is 7.42. The molecule has 0 aliphatic carbocycles. The first-order valence-electron chi connectivity index (χ1n) is 12.5. The summed E-state index contributed by atoms with van der Waals surface area (Å²) in [5, 5.41) is 2.87. The molecule has 3 unspecified atom stereocenters. The fourth-order valence-corrected chi connectivity index (χ4v) is 7.67. The Morgan fingerprint density at radius 1 is 1.13 bits per heavy atom. The number of sulfonamides is 1. The Balaban J connectivity index is 1.31. The lowest BCUT2D eigenvalue weighted by molar-refractivity contribution is -0.138. The molecule has 2 aliphatic rings. The molecule has 38 heavy (non-hydrogen) atoms. The Hall–Kier alpha value is -3.41. The van der Waals surface area contributed by atoms with Crippen LogP contribution < -0.4 is 5.32 Å². The molecule has 2 saturated heterocycles.